The van der Waals surface area contributed by atoms with Gasteiger partial charge < -0.3 is 9.47 Å². The van der Waals surface area contributed by atoms with E-state index in [1.54, 1.807) is 20.8 Å². The van der Waals surface area contributed by atoms with Crippen LogP contribution in [0.1, 0.15) is 32.0 Å². The van der Waals surface area contributed by atoms with Crippen LogP contribution in [0.25, 0.3) is 0 Å². The van der Waals surface area contributed by atoms with Gasteiger partial charge in [0.15, 0.2) is 5.15 Å². The van der Waals surface area contributed by atoms with E-state index in [0.717, 1.165) is 23.6 Å². The lowest BCUT2D eigenvalue weighted by molar-refractivity contribution is -0.141. The minimum atomic E-state index is -4.55. The number of rotatable bonds is 5. The van der Waals surface area contributed by atoms with E-state index in [4.69, 9.17) is 16.3 Å². The topological polar surface area (TPSA) is 81.6 Å². The molecule has 0 bridgehead atoms. The van der Waals surface area contributed by atoms with Gasteiger partial charge in [-0.2, -0.15) is 18.2 Å². The largest absolute Gasteiger partial charge is 0.433 e. The standard InChI is InChI=1S/C16H15ClF3N3O4S/c1-15(2,3)23(7-9-4-5-10(21-6-9)16(18,19)20)14(25)27-13-22-11(17)12(28-13)26-8-24/h4-6,8H,7H2,1-3H3. The van der Waals surface area contributed by atoms with Crippen LogP contribution in [0.5, 0.6) is 10.3 Å². The van der Waals surface area contributed by atoms with E-state index in [2.05, 4.69) is 14.7 Å². The van der Waals surface area contributed by atoms with Gasteiger partial charge >= 0.3 is 12.3 Å². The molecule has 0 aliphatic heterocycles. The first-order valence-electron chi connectivity index (χ1n) is 7.70. The molecule has 0 aliphatic rings. The zero-order chi connectivity index (χ0) is 21.1. The predicted molar refractivity (Wildman–Crippen MR) is 94.4 cm³/mol. The number of hydrogen-bond acceptors (Lipinski definition) is 7. The van der Waals surface area contributed by atoms with Crippen molar-refractivity contribution in [2.24, 2.45) is 0 Å². The van der Waals surface area contributed by atoms with Gasteiger partial charge in [-0.1, -0.05) is 17.7 Å². The second-order valence-corrected chi connectivity index (χ2v) is 7.73. The molecule has 7 nitrogen and oxygen atoms in total. The van der Waals surface area contributed by atoms with Gasteiger partial charge in [-0.3, -0.25) is 14.7 Å². The fraction of sp³-hybridized carbons (Fsp3) is 0.375. The maximum atomic E-state index is 12.6. The van der Waals surface area contributed by atoms with Crippen LogP contribution in [0.15, 0.2) is 18.3 Å². The number of halogens is 4. The van der Waals surface area contributed by atoms with Crippen molar-refractivity contribution in [1.29, 1.82) is 0 Å². The molecule has 2 aromatic heterocycles. The van der Waals surface area contributed by atoms with Gasteiger partial charge in [0.1, 0.15) is 5.69 Å². The highest BCUT2D eigenvalue weighted by Gasteiger charge is 2.33. The molecule has 0 fully saturated rings. The molecule has 0 N–H and O–H groups in total. The van der Waals surface area contributed by atoms with Gasteiger partial charge in [-0.25, -0.2) is 4.79 Å². The summed E-state index contributed by atoms with van der Waals surface area (Å²) in [6.07, 6.45) is -4.31. The number of thiazole rings is 1. The van der Waals surface area contributed by atoms with Crippen LogP contribution < -0.4 is 9.47 Å². The smallest absolute Gasteiger partial charge is 0.414 e. The summed E-state index contributed by atoms with van der Waals surface area (Å²) < 4.78 is 47.7. The molecule has 0 aliphatic carbocycles. The summed E-state index contributed by atoms with van der Waals surface area (Å²) in [5.41, 5.74) is -1.38. The van der Waals surface area contributed by atoms with Gasteiger partial charge in [0.2, 0.25) is 5.06 Å². The molecule has 0 spiro atoms. The van der Waals surface area contributed by atoms with Crippen molar-refractivity contribution >= 4 is 35.5 Å². The fourth-order valence-electron chi connectivity index (χ4n) is 2.00. The van der Waals surface area contributed by atoms with E-state index < -0.39 is 23.5 Å². The highest BCUT2D eigenvalue weighted by Crippen LogP contribution is 2.36. The van der Waals surface area contributed by atoms with E-state index in [1.165, 1.54) is 11.0 Å². The van der Waals surface area contributed by atoms with E-state index in [1.807, 2.05) is 0 Å². The molecule has 0 unspecified atom stereocenters. The summed E-state index contributed by atoms with van der Waals surface area (Å²) in [4.78, 5) is 31.4. The quantitative estimate of drug-likeness (QED) is 0.638. The number of alkyl halides is 3. The van der Waals surface area contributed by atoms with Crippen molar-refractivity contribution in [2.45, 2.75) is 39.0 Å². The van der Waals surface area contributed by atoms with Crippen molar-refractivity contribution in [1.82, 2.24) is 14.9 Å². The van der Waals surface area contributed by atoms with E-state index in [9.17, 15) is 22.8 Å². The third-order valence-electron chi connectivity index (χ3n) is 3.35. The number of ether oxygens (including phenoxy) is 2. The second kappa shape index (κ2) is 8.31. The zero-order valence-corrected chi connectivity index (χ0v) is 16.5. The Hall–Kier alpha value is -2.40. The molecule has 0 saturated heterocycles. The maximum absolute atomic E-state index is 12.6. The summed E-state index contributed by atoms with van der Waals surface area (Å²) in [6.45, 7) is 5.28. The minimum absolute atomic E-state index is 0.0336. The molecule has 0 atom stereocenters. The normalized spacial score (nSPS) is 11.8. The molecular formula is C16H15ClF3N3O4S. The summed E-state index contributed by atoms with van der Waals surface area (Å²) >= 11 is 6.52. The Morgan fingerprint density at radius 2 is 2.00 bits per heavy atom. The molecule has 0 saturated carbocycles. The monoisotopic (exact) mass is 437 g/mol. The first-order chi connectivity index (χ1) is 12.9. The maximum Gasteiger partial charge on any atom is 0.433 e. The van der Waals surface area contributed by atoms with Gasteiger partial charge in [0, 0.05) is 11.7 Å². The molecule has 12 heteroatoms. The molecule has 2 aromatic rings. The molecule has 152 valence electrons. The highest BCUT2D eigenvalue weighted by atomic mass is 35.5. The minimum Gasteiger partial charge on any atom is -0.414 e. The number of aromatic nitrogens is 2. The average Bonchev–Trinajstić information content (AvgIpc) is 2.90. The Bertz CT molecular complexity index is 850. The van der Waals surface area contributed by atoms with Crippen LogP contribution in [0, 0.1) is 0 Å². The Morgan fingerprint density at radius 3 is 2.50 bits per heavy atom. The number of nitrogens with zero attached hydrogens (tertiary/aromatic N) is 3. The van der Waals surface area contributed by atoms with Crippen molar-refractivity contribution in [3.8, 4) is 10.3 Å². The first-order valence-corrected chi connectivity index (χ1v) is 8.89. The van der Waals surface area contributed by atoms with Gasteiger partial charge in [-0.15, -0.1) is 0 Å². The summed E-state index contributed by atoms with van der Waals surface area (Å²) in [6, 6.07) is 2.07. The van der Waals surface area contributed by atoms with Crippen LogP contribution in [0.4, 0.5) is 18.0 Å². The third-order valence-corrected chi connectivity index (χ3v) is 4.55. The van der Waals surface area contributed by atoms with Crippen molar-refractivity contribution in [2.75, 3.05) is 0 Å². The molecule has 2 heterocycles. The van der Waals surface area contributed by atoms with Crippen LogP contribution >= 0.6 is 22.9 Å². The van der Waals surface area contributed by atoms with Crippen molar-refractivity contribution < 1.29 is 32.2 Å². The molecule has 0 aromatic carbocycles. The van der Waals surface area contributed by atoms with Gasteiger partial charge in [0.05, 0.1) is 6.54 Å². The molecule has 2 rings (SSSR count). The van der Waals surface area contributed by atoms with Crippen LogP contribution in [0.3, 0.4) is 0 Å². The average molecular weight is 438 g/mol. The third kappa shape index (κ3) is 5.55. The summed E-state index contributed by atoms with van der Waals surface area (Å²) in [5, 5.41) is -0.325. The van der Waals surface area contributed by atoms with Crippen LogP contribution in [-0.2, 0) is 17.5 Å². The van der Waals surface area contributed by atoms with E-state index in [0.29, 0.717) is 5.56 Å². The summed E-state index contributed by atoms with van der Waals surface area (Å²) in [5.74, 6) is 0. The Kier molecular flexibility index (Phi) is 6.50. The molecule has 0 radical (unpaired) electrons. The van der Waals surface area contributed by atoms with E-state index >= 15 is 0 Å². The van der Waals surface area contributed by atoms with Crippen molar-refractivity contribution in [3.63, 3.8) is 0 Å². The van der Waals surface area contributed by atoms with E-state index in [-0.39, 0.29) is 28.4 Å². The zero-order valence-electron chi connectivity index (χ0n) is 14.9. The number of pyridine rings is 1. The number of amides is 1. The van der Waals surface area contributed by atoms with Crippen LogP contribution in [-0.4, -0.2) is 33.0 Å². The lowest BCUT2D eigenvalue weighted by Gasteiger charge is -2.34. The Labute approximate surface area is 167 Å². The molecule has 28 heavy (non-hydrogen) atoms. The molecular weight excluding hydrogens is 423 g/mol. The number of carbonyl (C=O) groups excluding carboxylic acids is 2. The van der Waals surface area contributed by atoms with Crippen molar-refractivity contribution in [3.05, 3.63) is 34.7 Å². The summed E-state index contributed by atoms with van der Waals surface area (Å²) in [7, 11) is 0. The fourth-order valence-corrected chi connectivity index (χ4v) is 2.92. The Balaban J connectivity index is 2.18. The highest BCUT2D eigenvalue weighted by molar-refractivity contribution is 7.16. The molecule has 1 amide bonds. The van der Waals surface area contributed by atoms with Gasteiger partial charge in [0.25, 0.3) is 11.7 Å². The predicted octanol–water partition coefficient (Wildman–Crippen LogP) is 4.55. The lowest BCUT2D eigenvalue weighted by atomic mass is 10.1. The SMILES string of the molecule is CC(C)(C)N(Cc1ccc(C(F)(F)F)nc1)C(=O)Oc1nc(Cl)c(OC=O)s1. The van der Waals surface area contributed by atoms with Gasteiger partial charge in [-0.05, 0) is 43.7 Å². The number of carbonyl (C=O) groups is 2. The lowest BCUT2D eigenvalue weighted by Crippen LogP contribution is -2.46. The Morgan fingerprint density at radius 1 is 1.32 bits per heavy atom. The number of hydrogen-bond donors (Lipinski definition) is 0. The second-order valence-electron chi connectivity index (χ2n) is 6.45. The van der Waals surface area contributed by atoms with Crippen LogP contribution in [0.2, 0.25) is 5.15 Å². The first kappa shape index (κ1) is 21.9.